The van der Waals surface area contributed by atoms with Gasteiger partial charge in [0.1, 0.15) is 11.7 Å². The molecule has 1 aromatic rings. The van der Waals surface area contributed by atoms with Crippen molar-refractivity contribution in [3.05, 3.63) is 23.9 Å². The molecule has 3 N–H and O–H groups in total. The van der Waals surface area contributed by atoms with Gasteiger partial charge in [0, 0.05) is 19.3 Å². The summed E-state index contributed by atoms with van der Waals surface area (Å²) in [6.45, 7) is 2.11. The summed E-state index contributed by atoms with van der Waals surface area (Å²) in [5.74, 6) is 1.01. The van der Waals surface area contributed by atoms with Gasteiger partial charge < -0.3 is 10.6 Å². The number of nitrogens with one attached hydrogen (secondary N) is 1. The van der Waals surface area contributed by atoms with E-state index in [1.54, 1.807) is 6.20 Å². The zero-order valence-corrected chi connectivity index (χ0v) is 12.1. The maximum absolute atomic E-state index is 7.70. The van der Waals surface area contributed by atoms with Gasteiger partial charge >= 0.3 is 0 Å². The maximum Gasteiger partial charge on any atom is 0.139 e. The number of nitrogens with two attached hydrogens (primary N) is 1. The Bertz CT molecular complexity index is 481. The lowest BCUT2D eigenvalue weighted by Crippen LogP contribution is -2.42. The summed E-state index contributed by atoms with van der Waals surface area (Å²) >= 11 is 0. The van der Waals surface area contributed by atoms with Gasteiger partial charge in [0.25, 0.3) is 0 Å². The number of aromatic nitrogens is 1. The minimum atomic E-state index is 0.117. The molecule has 1 saturated carbocycles. The van der Waals surface area contributed by atoms with Gasteiger partial charge in [-0.2, -0.15) is 0 Å². The van der Waals surface area contributed by atoms with Crippen molar-refractivity contribution in [3.8, 4) is 0 Å². The molecule has 2 aliphatic rings. The maximum atomic E-state index is 7.70. The third kappa shape index (κ3) is 2.51. The molecule has 0 aromatic carbocycles. The number of anilines is 1. The Balaban J connectivity index is 1.73. The van der Waals surface area contributed by atoms with E-state index in [2.05, 4.69) is 9.88 Å². The lowest BCUT2D eigenvalue weighted by Gasteiger charge is -2.45. The third-order valence-electron chi connectivity index (χ3n) is 5.11. The average molecular weight is 272 g/mol. The van der Waals surface area contributed by atoms with Crippen molar-refractivity contribution in [1.82, 2.24) is 4.98 Å². The zero-order chi connectivity index (χ0) is 14.0. The van der Waals surface area contributed by atoms with Crippen molar-refractivity contribution < 1.29 is 0 Å². The molecule has 4 nitrogen and oxygen atoms in total. The van der Waals surface area contributed by atoms with Crippen molar-refractivity contribution in [2.24, 2.45) is 11.1 Å². The van der Waals surface area contributed by atoms with Crippen LogP contribution in [0.25, 0.3) is 0 Å². The van der Waals surface area contributed by atoms with Crippen LogP contribution < -0.4 is 10.6 Å². The van der Waals surface area contributed by atoms with Crippen LogP contribution in [-0.4, -0.2) is 23.9 Å². The first-order valence-electron chi connectivity index (χ1n) is 7.75. The predicted octanol–water partition coefficient (Wildman–Crippen LogP) is 2.92. The molecule has 1 aliphatic carbocycles. The van der Waals surface area contributed by atoms with Gasteiger partial charge in [0.05, 0.1) is 5.56 Å². The van der Waals surface area contributed by atoms with Crippen molar-refractivity contribution in [2.45, 2.75) is 44.9 Å². The molecule has 1 aromatic heterocycles. The molecule has 3 rings (SSSR count). The van der Waals surface area contributed by atoms with E-state index in [1.807, 2.05) is 12.1 Å². The first-order valence-corrected chi connectivity index (χ1v) is 7.75. The fourth-order valence-electron chi connectivity index (χ4n) is 3.85. The Morgan fingerprint density at radius 2 is 1.85 bits per heavy atom. The molecule has 0 atom stereocenters. The van der Waals surface area contributed by atoms with Crippen LogP contribution >= 0.6 is 0 Å². The number of amidine groups is 1. The van der Waals surface area contributed by atoms with E-state index < -0.39 is 0 Å². The third-order valence-corrected chi connectivity index (χ3v) is 5.11. The first kappa shape index (κ1) is 13.4. The zero-order valence-electron chi connectivity index (χ0n) is 12.1. The normalized spacial score (nSPS) is 21.9. The van der Waals surface area contributed by atoms with Gasteiger partial charge in [-0.1, -0.05) is 19.3 Å². The van der Waals surface area contributed by atoms with Gasteiger partial charge in [-0.15, -0.1) is 0 Å². The number of rotatable bonds is 2. The fraction of sp³-hybridized carbons (Fsp3) is 0.625. The molecule has 2 fully saturated rings. The topological polar surface area (TPSA) is 66.0 Å². The van der Waals surface area contributed by atoms with Crippen LogP contribution in [0.15, 0.2) is 18.3 Å². The Kier molecular flexibility index (Phi) is 3.64. The summed E-state index contributed by atoms with van der Waals surface area (Å²) in [6.07, 6.45) is 11.4. The largest absolute Gasteiger partial charge is 0.384 e. The van der Waals surface area contributed by atoms with Crippen molar-refractivity contribution in [1.29, 1.82) is 5.41 Å². The highest BCUT2D eigenvalue weighted by Crippen LogP contribution is 2.45. The standard InChI is InChI=1S/C16H24N4/c17-14(18)13-5-4-10-19-15(13)20-11-8-16(9-12-20)6-2-1-3-7-16/h4-5,10H,1-3,6-9,11-12H2,(H3,17,18). The lowest BCUT2D eigenvalue weighted by atomic mass is 9.68. The van der Waals surface area contributed by atoms with Crippen LogP contribution in [0.1, 0.15) is 50.5 Å². The minimum absolute atomic E-state index is 0.117. The van der Waals surface area contributed by atoms with Gasteiger partial charge in [-0.3, -0.25) is 5.41 Å². The van der Waals surface area contributed by atoms with Gasteiger partial charge in [-0.05, 0) is 43.2 Å². The highest BCUT2D eigenvalue weighted by molar-refractivity contribution is 5.99. The van der Waals surface area contributed by atoms with Crippen LogP contribution in [0, 0.1) is 10.8 Å². The van der Waals surface area contributed by atoms with E-state index in [9.17, 15) is 0 Å². The molecule has 4 heteroatoms. The van der Waals surface area contributed by atoms with Gasteiger partial charge in [0.2, 0.25) is 0 Å². The van der Waals surface area contributed by atoms with E-state index >= 15 is 0 Å². The van der Waals surface area contributed by atoms with Gasteiger partial charge in [-0.25, -0.2) is 4.98 Å². The van der Waals surface area contributed by atoms with E-state index in [4.69, 9.17) is 11.1 Å². The van der Waals surface area contributed by atoms with Crippen LogP contribution in [0.2, 0.25) is 0 Å². The minimum Gasteiger partial charge on any atom is -0.384 e. The number of nitrogens with zero attached hydrogens (tertiary/aromatic N) is 2. The van der Waals surface area contributed by atoms with E-state index in [0.717, 1.165) is 24.5 Å². The SMILES string of the molecule is N=C(N)c1cccnc1N1CCC2(CCCCC2)CC1. The fourth-order valence-corrected chi connectivity index (χ4v) is 3.85. The summed E-state index contributed by atoms with van der Waals surface area (Å²) < 4.78 is 0. The van der Waals surface area contributed by atoms with E-state index in [-0.39, 0.29) is 5.84 Å². The molecule has 108 valence electrons. The second-order valence-corrected chi connectivity index (χ2v) is 6.34. The van der Waals surface area contributed by atoms with Crippen LogP contribution in [0.3, 0.4) is 0 Å². The van der Waals surface area contributed by atoms with Crippen LogP contribution in [0.5, 0.6) is 0 Å². The lowest BCUT2D eigenvalue weighted by molar-refractivity contribution is 0.144. The second-order valence-electron chi connectivity index (χ2n) is 6.34. The summed E-state index contributed by atoms with van der Waals surface area (Å²) in [6, 6.07) is 3.75. The summed E-state index contributed by atoms with van der Waals surface area (Å²) in [7, 11) is 0. The Morgan fingerprint density at radius 3 is 2.50 bits per heavy atom. The van der Waals surface area contributed by atoms with E-state index in [1.165, 1.54) is 44.9 Å². The number of piperidine rings is 1. The molecule has 0 radical (unpaired) electrons. The molecule has 20 heavy (non-hydrogen) atoms. The summed E-state index contributed by atoms with van der Waals surface area (Å²) in [5.41, 5.74) is 7.04. The molecule has 1 aliphatic heterocycles. The summed E-state index contributed by atoms with van der Waals surface area (Å²) in [4.78, 5) is 6.78. The van der Waals surface area contributed by atoms with Crippen LogP contribution in [0.4, 0.5) is 5.82 Å². The smallest absolute Gasteiger partial charge is 0.139 e. The van der Waals surface area contributed by atoms with Crippen LogP contribution in [-0.2, 0) is 0 Å². The van der Waals surface area contributed by atoms with Crippen molar-refractivity contribution >= 4 is 11.7 Å². The Labute approximate surface area is 120 Å². The van der Waals surface area contributed by atoms with Gasteiger partial charge in [0.15, 0.2) is 0 Å². The highest BCUT2D eigenvalue weighted by atomic mass is 15.2. The average Bonchev–Trinajstić information content (AvgIpc) is 2.49. The molecule has 2 heterocycles. The number of hydrogen-bond acceptors (Lipinski definition) is 3. The Morgan fingerprint density at radius 1 is 1.15 bits per heavy atom. The highest BCUT2D eigenvalue weighted by Gasteiger charge is 2.36. The molecule has 0 bridgehead atoms. The Hall–Kier alpha value is -1.58. The van der Waals surface area contributed by atoms with Crippen molar-refractivity contribution in [2.75, 3.05) is 18.0 Å². The van der Waals surface area contributed by atoms with Crippen molar-refractivity contribution in [3.63, 3.8) is 0 Å². The second kappa shape index (κ2) is 5.43. The molecule has 0 amide bonds. The number of hydrogen-bond donors (Lipinski definition) is 2. The summed E-state index contributed by atoms with van der Waals surface area (Å²) in [5, 5.41) is 7.70. The quantitative estimate of drug-likeness (QED) is 0.642. The number of nitrogen functional groups attached to an aromatic ring is 1. The molecule has 1 saturated heterocycles. The monoisotopic (exact) mass is 272 g/mol. The predicted molar refractivity (Wildman–Crippen MR) is 82.2 cm³/mol. The molecular weight excluding hydrogens is 248 g/mol. The molecular formula is C16H24N4. The molecule has 1 spiro atoms. The molecule has 0 unspecified atom stereocenters. The van der Waals surface area contributed by atoms with E-state index in [0.29, 0.717) is 5.41 Å². The first-order chi connectivity index (χ1) is 9.70. The number of pyridine rings is 1.